The number of benzene rings is 1. The molecule has 0 radical (unpaired) electrons. The third-order valence-electron chi connectivity index (χ3n) is 3.97. The van der Waals surface area contributed by atoms with E-state index in [1.54, 1.807) is 13.0 Å². The molecule has 0 aliphatic carbocycles. The van der Waals surface area contributed by atoms with Gasteiger partial charge in [-0.15, -0.1) is 0 Å². The van der Waals surface area contributed by atoms with Crippen LogP contribution in [0.25, 0.3) is 0 Å². The molecule has 2 amide bonds. The zero-order chi connectivity index (χ0) is 21.3. The second-order valence-electron chi connectivity index (χ2n) is 6.34. The number of carbonyl (C=O) groups excluding carboxylic acids is 3. The first kappa shape index (κ1) is 23.1. The van der Waals surface area contributed by atoms with Gasteiger partial charge in [0.2, 0.25) is 11.8 Å². The zero-order valence-electron chi connectivity index (χ0n) is 16.0. The van der Waals surface area contributed by atoms with Crippen molar-refractivity contribution in [2.45, 2.75) is 45.7 Å². The van der Waals surface area contributed by atoms with E-state index in [1.165, 1.54) is 32.0 Å². The number of aliphatic carboxylic acids is 1. The van der Waals surface area contributed by atoms with Gasteiger partial charge < -0.3 is 20.5 Å². The first-order valence-corrected chi connectivity index (χ1v) is 8.86. The van der Waals surface area contributed by atoms with Crippen molar-refractivity contribution in [3.63, 3.8) is 0 Å². The summed E-state index contributed by atoms with van der Waals surface area (Å²) < 4.78 is 18.7. The van der Waals surface area contributed by atoms with Gasteiger partial charge in [-0.1, -0.05) is 25.1 Å². The number of hydrogen-bond acceptors (Lipinski definition) is 5. The van der Waals surface area contributed by atoms with Gasteiger partial charge in [0, 0.05) is 13.3 Å². The maximum absolute atomic E-state index is 13.9. The topological polar surface area (TPSA) is 122 Å². The largest absolute Gasteiger partial charge is 0.480 e. The van der Waals surface area contributed by atoms with Crippen LogP contribution in [0.2, 0.25) is 0 Å². The van der Waals surface area contributed by atoms with Crippen LogP contribution >= 0.6 is 0 Å². The maximum Gasteiger partial charge on any atom is 0.326 e. The molecule has 154 valence electrons. The number of hydrogen-bond donors (Lipinski definition) is 3. The molecule has 3 atom stereocenters. The first-order chi connectivity index (χ1) is 13.1. The number of halogens is 1. The van der Waals surface area contributed by atoms with Crippen molar-refractivity contribution in [1.29, 1.82) is 0 Å². The summed E-state index contributed by atoms with van der Waals surface area (Å²) in [6.45, 7) is 4.46. The molecule has 0 aromatic heterocycles. The van der Waals surface area contributed by atoms with Crippen molar-refractivity contribution in [2.75, 3.05) is 6.61 Å². The molecule has 0 heterocycles. The fourth-order valence-electron chi connectivity index (χ4n) is 2.57. The van der Waals surface area contributed by atoms with Crippen LogP contribution < -0.4 is 10.6 Å². The van der Waals surface area contributed by atoms with Crippen molar-refractivity contribution in [1.82, 2.24) is 10.6 Å². The molecule has 9 heteroatoms. The van der Waals surface area contributed by atoms with Crippen molar-refractivity contribution in [3.8, 4) is 0 Å². The fraction of sp³-hybridized carbons (Fsp3) is 0.474. The summed E-state index contributed by atoms with van der Waals surface area (Å²) in [6, 6.07) is 3.22. The Balaban J connectivity index is 2.90. The van der Waals surface area contributed by atoms with Gasteiger partial charge in [0.15, 0.2) is 0 Å². The minimum atomic E-state index is -1.37. The standard InChI is InChI=1S/C19H25FN2O6/c1-4-28-19(27)11(2)9-16(18(25)26)22-17(24)15(21-12(3)23)10-13-7-5-6-8-14(13)20/h5-8,11,15-16H,4,9-10H2,1-3H3,(H,21,23)(H,22,24)(H,25,26)/t11-,15+,16-/m1/s1. The third-order valence-corrected chi connectivity index (χ3v) is 3.97. The molecule has 0 bridgehead atoms. The Morgan fingerprint density at radius 2 is 1.79 bits per heavy atom. The molecule has 0 unspecified atom stereocenters. The number of carboxylic acid groups (broad SMARTS) is 1. The van der Waals surface area contributed by atoms with Gasteiger partial charge in [-0.2, -0.15) is 0 Å². The van der Waals surface area contributed by atoms with E-state index in [0.717, 1.165) is 0 Å². The van der Waals surface area contributed by atoms with E-state index in [1.807, 2.05) is 0 Å². The van der Waals surface area contributed by atoms with Gasteiger partial charge in [-0.3, -0.25) is 14.4 Å². The normalized spacial score (nSPS) is 13.7. The zero-order valence-corrected chi connectivity index (χ0v) is 16.0. The van der Waals surface area contributed by atoms with Gasteiger partial charge >= 0.3 is 11.9 Å². The molecule has 0 fully saturated rings. The van der Waals surface area contributed by atoms with Gasteiger partial charge in [0.25, 0.3) is 0 Å². The highest BCUT2D eigenvalue weighted by molar-refractivity contribution is 5.90. The van der Waals surface area contributed by atoms with Crippen LogP contribution in [0, 0.1) is 11.7 Å². The van der Waals surface area contributed by atoms with Crippen LogP contribution in [0.15, 0.2) is 24.3 Å². The van der Waals surface area contributed by atoms with E-state index >= 15 is 0 Å². The lowest BCUT2D eigenvalue weighted by molar-refractivity contribution is -0.149. The SMILES string of the molecule is CCOC(=O)[C@H](C)C[C@@H](NC(=O)[C@H](Cc1ccccc1F)NC(C)=O)C(=O)O. The summed E-state index contributed by atoms with van der Waals surface area (Å²) in [5.41, 5.74) is 0.197. The van der Waals surface area contributed by atoms with Crippen molar-refractivity contribution in [3.05, 3.63) is 35.6 Å². The Bertz CT molecular complexity index is 724. The first-order valence-electron chi connectivity index (χ1n) is 8.86. The maximum atomic E-state index is 13.9. The molecule has 0 saturated heterocycles. The van der Waals surface area contributed by atoms with E-state index in [2.05, 4.69) is 10.6 Å². The fourth-order valence-corrected chi connectivity index (χ4v) is 2.57. The Kier molecular flexibility index (Phi) is 9.07. The number of carboxylic acids is 1. The smallest absolute Gasteiger partial charge is 0.326 e. The predicted molar refractivity (Wildman–Crippen MR) is 97.7 cm³/mol. The van der Waals surface area contributed by atoms with Gasteiger partial charge in [0.05, 0.1) is 12.5 Å². The average Bonchev–Trinajstić information content (AvgIpc) is 2.61. The van der Waals surface area contributed by atoms with Crippen LogP contribution in [-0.4, -0.2) is 47.6 Å². The third kappa shape index (κ3) is 7.34. The van der Waals surface area contributed by atoms with Crippen LogP contribution in [0.3, 0.4) is 0 Å². The molecule has 0 aliphatic rings. The summed E-state index contributed by atoms with van der Waals surface area (Å²) in [6.07, 6.45) is -0.343. The highest BCUT2D eigenvalue weighted by atomic mass is 19.1. The molecular formula is C19H25FN2O6. The quantitative estimate of drug-likeness (QED) is 0.508. The highest BCUT2D eigenvalue weighted by Gasteiger charge is 2.30. The average molecular weight is 396 g/mol. The Morgan fingerprint density at radius 1 is 1.14 bits per heavy atom. The summed E-state index contributed by atoms with van der Waals surface area (Å²) in [5, 5.41) is 14.1. The summed E-state index contributed by atoms with van der Waals surface area (Å²) >= 11 is 0. The minimum Gasteiger partial charge on any atom is -0.480 e. The second-order valence-corrected chi connectivity index (χ2v) is 6.34. The molecule has 1 aromatic carbocycles. The second kappa shape index (κ2) is 11.0. The number of ether oxygens (including phenoxy) is 1. The van der Waals surface area contributed by atoms with Crippen molar-refractivity contribution >= 4 is 23.8 Å². The Labute approximate surface area is 162 Å². The van der Waals surface area contributed by atoms with Crippen molar-refractivity contribution < 1.29 is 33.4 Å². The highest BCUT2D eigenvalue weighted by Crippen LogP contribution is 2.12. The van der Waals surface area contributed by atoms with Crippen LogP contribution in [-0.2, 0) is 30.3 Å². The molecule has 0 saturated carbocycles. The lowest BCUT2D eigenvalue weighted by Crippen LogP contribution is -2.52. The van der Waals surface area contributed by atoms with Gasteiger partial charge in [0.1, 0.15) is 17.9 Å². The molecule has 1 rings (SSSR count). The van der Waals surface area contributed by atoms with Crippen LogP contribution in [0.5, 0.6) is 0 Å². The van der Waals surface area contributed by atoms with Crippen LogP contribution in [0.1, 0.15) is 32.8 Å². The van der Waals surface area contributed by atoms with Crippen molar-refractivity contribution in [2.24, 2.45) is 5.92 Å². The summed E-state index contributed by atoms with van der Waals surface area (Å²) in [7, 11) is 0. The minimum absolute atomic E-state index is 0.153. The van der Waals surface area contributed by atoms with E-state index in [-0.39, 0.29) is 25.0 Å². The monoisotopic (exact) mass is 396 g/mol. The number of carbonyl (C=O) groups is 4. The lowest BCUT2D eigenvalue weighted by Gasteiger charge is -2.22. The van der Waals surface area contributed by atoms with E-state index in [4.69, 9.17) is 4.74 Å². The molecule has 0 spiro atoms. The predicted octanol–water partition coefficient (Wildman–Crippen LogP) is 1.03. The van der Waals surface area contributed by atoms with E-state index < -0.39 is 47.6 Å². The summed E-state index contributed by atoms with van der Waals surface area (Å²) in [4.78, 5) is 47.2. The molecule has 28 heavy (non-hydrogen) atoms. The number of nitrogens with one attached hydrogen (secondary N) is 2. The molecule has 8 nitrogen and oxygen atoms in total. The molecule has 0 aliphatic heterocycles. The Hall–Kier alpha value is -2.97. The van der Waals surface area contributed by atoms with E-state index in [0.29, 0.717) is 0 Å². The van der Waals surface area contributed by atoms with Gasteiger partial charge in [-0.25, -0.2) is 9.18 Å². The molecule has 1 aromatic rings. The lowest BCUT2D eigenvalue weighted by atomic mass is 10.00. The van der Waals surface area contributed by atoms with E-state index in [9.17, 15) is 28.7 Å². The number of amides is 2. The van der Waals surface area contributed by atoms with Crippen LogP contribution in [0.4, 0.5) is 4.39 Å². The summed E-state index contributed by atoms with van der Waals surface area (Å²) in [5.74, 6) is -4.53. The molecule has 3 N–H and O–H groups in total. The number of rotatable bonds is 10. The molecular weight excluding hydrogens is 371 g/mol. The number of esters is 1. The van der Waals surface area contributed by atoms with Gasteiger partial charge in [-0.05, 0) is 25.0 Å². The Morgan fingerprint density at radius 3 is 2.32 bits per heavy atom.